The average molecular weight is 150 g/mol. The predicted molar refractivity (Wildman–Crippen MR) is 46.2 cm³/mol. The van der Waals surface area contributed by atoms with Crippen molar-refractivity contribution in [3.8, 4) is 0 Å². The minimum absolute atomic E-state index is 0.350. The molecule has 0 saturated heterocycles. The van der Waals surface area contributed by atoms with Crippen molar-refractivity contribution < 1.29 is 5.11 Å². The van der Waals surface area contributed by atoms with Gasteiger partial charge in [0.25, 0.3) is 0 Å². The normalized spacial score (nSPS) is 25.7. The van der Waals surface area contributed by atoms with Gasteiger partial charge in [-0.3, -0.25) is 0 Å². The Hall–Kier alpha value is -0.780. The first-order chi connectivity index (χ1) is 5.34. The minimum Gasteiger partial charge on any atom is -0.388 e. The van der Waals surface area contributed by atoms with Crippen molar-refractivity contribution in [2.75, 3.05) is 0 Å². The molecule has 2 atom stereocenters. The van der Waals surface area contributed by atoms with E-state index in [0.717, 1.165) is 19.3 Å². The third-order valence-electron chi connectivity index (χ3n) is 2.08. The first kappa shape index (κ1) is 8.32. The third-order valence-corrected chi connectivity index (χ3v) is 2.08. The van der Waals surface area contributed by atoms with E-state index >= 15 is 0 Å². The number of rotatable bonds is 2. The van der Waals surface area contributed by atoms with Gasteiger partial charge in [0, 0.05) is 0 Å². The van der Waals surface area contributed by atoms with E-state index in [2.05, 4.69) is 24.5 Å². The van der Waals surface area contributed by atoms with Crippen molar-refractivity contribution >= 4 is 0 Å². The molecule has 1 N–H and O–H groups in total. The Bertz CT molecular complexity index is 187. The van der Waals surface area contributed by atoms with E-state index in [1.165, 1.54) is 0 Å². The van der Waals surface area contributed by atoms with Crippen LogP contribution in [0, 0.1) is 5.92 Å². The molecule has 11 heavy (non-hydrogen) atoms. The zero-order valence-electron chi connectivity index (χ0n) is 6.66. The Morgan fingerprint density at radius 1 is 1.64 bits per heavy atom. The molecule has 0 amide bonds. The van der Waals surface area contributed by atoms with Gasteiger partial charge in [0.1, 0.15) is 0 Å². The summed E-state index contributed by atoms with van der Waals surface area (Å²) in [5.41, 5.74) is 2.62. The molecule has 0 aromatic heterocycles. The molecule has 0 radical (unpaired) electrons. The van der Waals surface area contributed by atoms with Crippen molar-refractivity contribution in [1.29, 1.82) is 0 Å². The molecule has 1 aliphatic carbocycles. The quantitative estimate of drug-likeness (QED) is 0.472. The summed E-state index contributed by atoms with van der Waals surface area (Å²) in [6.07, 6.45) is 8.75. The summed E-state index contributed by atoms with van der Waals surface area (Å²) in [5, 5.41) is 9.48. The molecule has 1 nitrogen and oxygen atoms in total. The van der Waals surface area contributed by atoms with Gasteiger partial charge in [-0.1, -0.05) is 18.7 Å². The monoisotopic (exact) mass is 150 g/mol. The summed E-state index contributed by atoms with van der Waals surface area (Å²) in [7, 11) is 0. The van der Waals surface area contributed by atoms with Crippen LogP contribution in [-0.2, 0) is 0 Å². The highest BCUT2D eigenvalue weighted by Gasteiger charge is 2.16. The summed E-state index contributed by atoms with van der Waals surface area (Å²) in [6.45, 7) is 3.44. The van der Waals surface area contributed by atoms with E-state index in [0.29, 0.717) is 5.92 Å². The molecular weight excluding hydrogens is 136 g/mol. The van der Waals surface area contributed by atoms with Gasteiger partial charge in [-0.05, 0) is 31.3 Å². The van der Waals surface area contributed by atoms with Crippen molar-refractivity contribution in [2.24, 2.45) is 5.92 Å². The number of hydrogen-bond acceptors (Lipinski definition) is 1. The van der Waals surface area contributed by atoms with Gasteiger partial charge in [0.15, 0.2) is 0 Å². The maximum atomic E-state index is 9.48. The van der Waals surface area contributed by atoms with E-state index in [1.807, 2.05) is 0 Å². The maximum Gasteiger partial charge on any atom is 0.0825 e. The van der Waals surface area contributed by atoms with Crippen molar-refractivity contribution in [2.45, 2.75) is 25.4 Å². The summed E-state index contributed by atoms with van der Waals surface area (Å²) < 4.78 is 0. The molecular formula is C10H14O. The molecule has 1 rings (SSSR count). The molecule has 2 unspecified atom stereocenters. The standard InChI is InChI=1S/C10H14O/c1-2-6-10(11)9-7-4-3-5-8-9/h3-4,6,9-11H,1,5,7-8H2. The Labute approximate surface area is 67.7 Å². The highest BCUT2D eigenvalue weighted by molar-refractivity contribution is 4.97. The van der Waals surface area contributed by atoms with Gasteiger partial charge in [0.05, 0.1) is 6.10 Å². The summed E-state index contributed by atoms with van der Waals surface area (Å²) >= 11 is 0. The Kier molecular flexibility index (Phi) is 3.15. The summed E-state index contributed by atoms with van der Waals surface area (Å²) in [6, 6.07) is 0. The first-order valence-electron chi connectivity index (χ1n) is 4.03. The molecule has 0 aromatic rings. The van der Waals surface area contributed by atoms with E-state index in [1.54, 1.807) is 6.08 Å². The van der Waals surface area contributed by atoms with Crippen molar-refractivity contribution in [1.82, 2.24) is 0 Å². The second-order valence-electron chi connectivity index (χ2n) is 2.91. The van der Waals surface area contributed by atoms with Gasteiger partial charge in [-0.25, -0.2) is 0 Å². The van der Waals surface area contributed by atoms with Crippen LogP contribution in [0.2, 0.25) is 0 Å². The molecule has 1 aliphatic rings. The maximum absolute atomic E-state index is 9.48. The van der Waals surface area contributed by atoms with Crippen LogP contribution in [0.5, 0.6) is 0 Å². The van der Waals surface area contributed by atoms with E-state index < -0.39 is 0 Å². The minimum atomic E-state index is -0.350. The van der Waals surface area contributed by atoms with Crippen LogP contribution < -0.4 is 0 Å². The van der Waals surface area contributed by atoms with Gasteiger partial charge >= 0.3 is 0 Å². The van der Waals surface area contributed by atoms with Crippen LogP contribution in [0.15, 0.2) is 30.5 Å². The van der Waals surface area contributed by atoms with E-state index in [9.17, 15) is 5.11 Å². The largest absolute Gasteiger partial charge is 0.388 e. The van der Waals surface area contributed by atoms with Gasteiger partial charge < -0.3 is 5.11 Å². The van der Waals surface area contributed by atoms with Crippen LogP contribution in [0.25, 0.3) is 0 Å². The zero-order chi connectivity index (χ0) is 8.10. The fourth-order valence-corrected chi connectivity index (χ4v) is 1.38. The number of aliphatic hydroxyl groups is 1. The van der Waals surface area contributed by atoms with Crippen LogP contribution in [-0.4, -0.2) is 11.2 Å². The molecule has 60 valence electrons. The summed E-state index contributed by atoms with van der Waals surface area (Å²) in [5.74, 6) is 0.384. The topological polar surface area (TPSA) is 20.2 Å². The molecule has 0 spiro atoms. The lowest BCUT2D eigenvalue weighted by molar-refractivity contribution is 0.146. The molecule has 0 bridgehead atoms. The highest BCUT2D eigenvalue weighted by Crippen LogP contribution is 2.21. The lowest BCUT2D eigenvalue weighted by atomic mass is 9.89. The molecule has 0 saturated carbocycles. The van der Waals surface area contributed by atoms with E-state index in [4.69, 9.17) is 0 Å². The number of allylic oxidation sites excluding steroid dienone is 2. The van der Waals surface area contributed by atoms with Gasteiger partial charge in [0.2, 0.25) is 0 Å². The average Bonchev–Trinajstić information content (AvgIpc) is 2.07. The van der Waals surface area contributed by atoms with Gasteiger partial charge in [-0.15, -0.1) is 5.73 Å². The van der Waals surface area contributed by atoms with Crippen LogP contribution in [0.3, 0.4) is 0 Å². The zero-order valence-corrected chi connectivity index (χ0v) is 6.66. The SMILES string of the molecule is C=C=CC(O)C1CC=CCC1. The lowest BCUT2D eigenvalue weighted by Crippen LogP contribution is -2.18. The molecule has 0 aromatic carbocycles. The molecule has 0 fully saturated rings. The Morgan fingerprint density at radius 2 is 2.45 bits per heavy atom. The van der Waals surface area contributed by atoms with Gasteiger partial charge in [-0.2, -0.15) is 0 Å². The van der Waals surface area contributed by atoms with Crippen LogP contribution >= 0.6 is 0 Å². The van der Waals surface area contributed by atoms with Crippen molar-refractivity contribution in [3.63, 3.8) is 0 Å². The van der Waals surface area contributed by atoms with Crippen LogP contribution in [0.1, 0.15) is 19.3 Å². The van der Waals surface area contributed by atoms with Crippen molar-refractivity contribution in [3.05, 3.63) is 30.5 Å². The fraction of sp³-hybridized carbons (Fsp3) is 0.500. The molecule has 1 heteroatoms. The Morgan fingerprint density at radius 3 is 3.00 bits per heavy atom. The second kappa shape index (κ2) is 4.17. The lowest BCUT2D eigenvalue weighted by Gasteiger charge is -2.20. The molecule has 0 aliphatic heterocycles. The second-order valence-corrected chi connectivity index (χ2v) is 2.91. The molecule has 0 heterocycles. The van der Waals surface area contributed by atoms with E-state index in [-0.39, 0.29) is 6.10 Å². The smallest absolute Gasteiger partial charge is 0.0825 e. The summed E-state index contributed by atoms with van der Waals surface area (Å²) in [4.78, 5) is 0. The van der Waals surface area contributed by atoms with Crippen LogP contribution in [0.4, 0.5) is 0 Å². The Balaban J connectivity index is 2.46. The number of aliphatic hydroxyl groups excluding tert-OH is 1. The highest BCUT2D eigenvalue weighted by atomic mass is 16.3. The third kappa shape index (κ3) is 2.38. The predicted octanol–water partition coefficient (Wildman–Crippen LogP) is 2.04. The number of hydrogen-bond donors (Lipinski definition) is 1. The first-order valence-corrected chi connectivity index (χ1v) is 4.03. The fourth-order valence-electron chi connectivity index (χ4n) is 1.38.